The quantitative estimate of drug-likeness (QED) is 0.896. The van der Waals surface area contributed by atoms with Gasteiger partial charge in [-0.3, -0.25) is 9.88 Å². The maximum Gasteiger partial charge on any atom is 0.0718 e. The minimum absolute atomic E-state index is 0.651. The Bertz CT molecular complexity index is 546. The highest BCUT2D eigenvalue weighted by atomic mass is 16.3. The Morgan fingerprint density at radius 1 is 1.16 bits per heavy atom. The number of hydrogen-bond acceptors (Lipinski definition) is 3. The Morgan fingerprint density at radius 2 is 1.89 bits per heavy atom. The van der Waals surface area contributed by atoms with Crippen molar-refractivity contribution in [2.24, 2.45) is 0 Å². The van der Waals surface area contributed by atoms with Crippen molar-refractivity contribution in [2.45, 2.75) is 32.9 Å². The second kappa shape index (κ2) is 5.68. The molecule has 0 amide bonds. The predicted molar refractivity (Wildman–Crippen MR) is 79.0 cm³/mol. The van der Waals surface area contributed by atoms with E-state index in [-0.39, 0.29) is 0 Å². The second-order valence-electron chi connectivity index (χ2n) is 5.61. The van der Waals surface area contributed by atoms with Crippen molar-refractivity contribution in [2.75, 3.05) is 13.1 Å². The van der Waals surface area contributed by atoms with E-state index in [1.165, 1.54) is 0 Å². The van der Waals surface area contributed by atoms with Crippen molar-refractivity contribution in [1.82, 2.24) is 9.88 Å². The number of para-hydroxylation sites is 1. The molecule has 0 saturated heterocycles. The molecule has 1 aromatic heterocycles. The van der Waals surface area contributed by atoms with E-state index in [1.807, 2.05) is 32.0 Å². The van der Waals surface area contributed by atoms with Crippen LogP contribution < -0.4 is 0 Å². The number of aromatic nitrogens is 1. The van der Waals surface area contributed by atoms with Crippen molar-refractivity contribution in [1.29, 1.82) is 0 Å². The van der Waals surface area contributed by atoms with E-state index in [0.717, 1.165) is 29.7 Å². The van der Waals surface area contributed by atoms with Gasteiger partial charge in [0.25, 0.3) is 0 Å². The number of pyridine rings is 1. The molecule has 102 valence electrons. The van der Waals surface area contributed by atoms with Crippen LogP contribution in [0.3, 0.4) is 0 Å². The minimum Gasteiger partial charge on any atom is -0.389 e. The largest absolute Gasteiger partial charge is 0.389 e. The highest BCUT2D eigenvalue weighted by Crippen LogP contribution is 2.14. The average Bonchev–Trinajstić information content (AvgIpc) is 2.36. The van der Waals surface area contributed by atoms with Crippen molar-refractivity contribution < 1.29 is 5.11 Å². The summed E-state index contributed by atoms with van der Waals surface area (Å²) in [5.41, 5.74) is 1.40. The highest BCUT2D eigenvalue weighted by Gasteiger charge is 2.17. The molecular formula is C16H22N2O. The summed E-state index contributed by atoms with van der Waals surface area (Å²) in [5, 5.41) is 11.1. The van der Waals surface area contributed by atoms with Crippen molar-refractivity contribution >= 4 is 10.9 Å². The summed E-state index contributed by atoms with van der Waals surface area (Å²) in [4.78, 5) is 6.88. The molecule has 3 heteroatoms. The molecule has 3 nitrogen and oxygen atoms in total. The third-order valence-corrected chi connectivity index (χ3v) is 3.10. The van der Waals surface area contributed by atoms with Crippen LogP contribution in [0.1, 0.15) is 26.5 Å². The summed E-state index contributed by atoms with van der Waals surface area (Å²) in [5.74, 6) is 0. The lowest BCUT2D eigenvalue weighted by Crippen LogP contribution is -2.38. The molecule has 0 aliphatic rings. The molecule has 2 rings (SSSR count). The molecule has 0 spiro atoms. The van der Waals surface area contributed by atoms with Crippen LogP contribution in [0.5, 0.6) is 0 Å². The zero-order valence-electron chi connectivity index (χ0n) is 11.9. The maximum atomic E-state index is 9.91. The number of benzene rings is 1. The zero-order chi connectivity index (χ0) is 13.9. The van der Waals surface area contributed by atoms with Crippen LogP contribution in [0.2, 0.25) is 0 Å². The molecule has 1 aromatic carbocycles. The number of nitrogens with zero attached hydrogens (tertiary/aromatic N) is 2. The smallest absolute Gasteiger partial charge is 0.0718 e. The summed E-state index contributed by atoms with van der Waals surface area (Å²) >= 11 is 0. The monoisotopic (exact) mass is 258 g/mol. The van der Waals surface area contributed by atoms with Gasteiger partial charge in [0, 0.05) is 18.5 Å². The average molecular weight is 258 g/mol. The molecule has 0 bridgehead atoms. The third-order valence-electron chi connectivity index (χ3n) is 3.10. The number of aliphatic hydroxyl groups is 1. The van der Waals surface area contributed by atoms with Crippen molar-refractivity contribution in [3.8, 4) is 0 Å². The van der Waals surface area contributed by atoms with Gasteiger partial charge in [-0.1, -0.05) is 31.2 Å². The molecule has 0 fully saturated rings. The molecule has 0 atom stereocenters. The highest BCUT2D eigenvalue weighted by molar-refractivity contribution is 5.78. The van der Waals surface area contributed by atoms with Crippen molar-refractivity contribution in [3.05, 3.63) is 42.1 Å². The van der Waals surface area contributed by atoms with Gasteiger partial charge in [0.05, 0.1) is 16.8 Å². The van der Waals surface area contributed by atoms with Crippen LogP contribution in [0, 0.1) is 0 Å². The van der Waals surface area contributed by atoms with Crippen LogP contribution in [0.4, 0.5) is 0 Å². The number of fused-ring (bicyclic) bond motifs is 1. The van der Waals surface area contributed by atoms with Crippen LogP contribution in [-0.4, -0.2) is 33.7 Å². The van der Waals surface area contributed by atoms with Crippen LogP contribution in [0.25, 0.3) is 10.9 Å². The van der Waals surface area contributed by atoms with E-state index >= 15 is 0 Å². The Balaban J connectivity index is 2.15. The SMILES string of the molecule is CCN(Cc1ccc2ccccc2n1)CC(C)(C)O. The molecule has 0 aliphatic carbocycles. The van der Waals surface area contributed by atoms with E-state index in [0.29, 0.717) is 6.54 Å². The summed E-state index contributed by atoms with van der Waals surface area (Å²) in [7, 11) is 0. The van der Waals surface area contributed by atoms with Crippen LogP contribution in [0.15, 0.2) is 36.4 Å². The maximum absolute atomic E-state index is 9.91. The van der Waals surface area contributed by atoms with Gasteiger partial charge in [-0.15, -0.1) is 0 Å². The lowest BCUT2D eigenvalue weighted by Gasteiger charge is -2.27. The van der Waals surface area contributed by atoms with Crippen molar-refractivity contribution in [3.63, 3.8) is 0 Å². The first kappa shape index (κ1) is 14.0. The molecule has 19 heavy (non-hydrogen) atoms. The lowest BCUT2D eigenvalue weighted by molar-refractivity contribution is 0.0350. The van der Waals surface area contributed by atoms with E-state index in [2.05, 4.69) is 35.0 Å². The van der Waals surface area contributed by atoms with E-state index in [1.54, 1.807) is 0 Å². The van der Waals surface area contributed by atoms with Gasteiger partial charge in [-0.05, 0) is 32.5 Å². The van der Waals surface area contributed by atoms with Gasteiger partial charge in [0.15, 0.2) is 0 Å². The van der Waals surface area contributed by atoms with Gasteiger partial charge >= 0.3 is 0 Å². The van der Waals surface area contributed by atoms with E-state index < -0.39 is 5.60 Å². The second-order valence-corrected chi connectivity index (χ2v) is 5.61. The number of rotatable bonds is 5. The molecule has 2 aromatic rings. The molecule has 0 radical (unpaired) electrons. The molecule has 0 saturated carbocycles. The first-order chi connectivity index (χ1) is 8.98. The first-order valence-electron chi connectivity index (χ1n) is 6.77. The molecule has 1 heterocycles. The molecular weight excluding hydrogens is 236 g/mol. The Morgan fingerprint density at radius 3 is 2.58 bits per heavy atom. The van der Waals surface area contributed by atoms with Crippen LogP contribution >= 0.6 is 0 Å². The fourth-order valence-electron chi connectivity index (χ4n) is 2.25. The Labute approximate surface area is 114 Å². The Hall–Kier alpha value is -1.45. The first-order valence-corrected chi connectivity index (χ1v) is 6.77. The standard InChI is InChI=1S/C16H22N2O/c1-4-18(12-16(2,3)19)11-14-10-9-13-7-5-6-8-15(13)17-14/h5-10,19H,4,11-12H2,1-3H3. The topological polar surface area (TPSA) is 36.4 Å². The summed E-state index contributed by atoms with van der Waals surface area (Å²) in [6, 6.07) is 12.3. The molecule has 1 N–H and O–H groups in total. The summed E-state index contributed by atoms with van der Waals surface area (Å²) in [6.07, 6.45) is 0. The zero-order valence-corrected chi connectivity index (χ0v) is 11.9. The third kappa shape index (κ3) is 4.01. The summed E-state index contributed by atoms with van der Waals surface area (Å²) < 4.78 is 0. The number of hydrogen-bond donors (Lipinski definition) is 1. The van der Waals surface area contributed by atoms with E-state index in [4.69, 9.17) is 0 Å². The summed E-state index contributed by atoms with van der Waals surface area (Å²) in [6.45, 7) is 8.10. The fraction of sp³-hybridized carbons (Fsp3) is 0.438. The minimum atomic E-state index is -0.674. The van der Waals surface area contributed by atoms with Crippen LogP contribution in [-0.2, 0) is 6.54 Å². The Kier molecular flexibility index (Phi) is 4.17. The van der Waals surface area contributed by atoms with Gasteiger partial charge in [0.1, 0.15) is 0 Å². The molecule has 0 unspecified atom stereocenters. The fourth-order valence-corrected chi connectivity index (χ4v) is 2.25. The van der Waals surface area contributed by atoms with Gasteiger partial charge < -0.3 is 5.11 Å². The van der Waals surface area contributed by atoms with Gasteiger partial charge in [-0.25, -0.2) is 0 Å². The van der Waals surface area contributed by atoms with E-state index in [9.17, 15) is 5.11 Å². The normalized spacial score (nSPS) is 12.3. The van der Waals surface area contributed by atoms with Gasteiger partial charge in [-0.2, -0.15) is 0 Å². The van der Waals surface area contributed by atoms with Gasteiger partial charge in [0.2, 0.25) is 0 Å². The lowest BCUT2D eigenvalue weighted by atomic mass is 10.1. The number of likely N-dealkylation sites (N-methyl/N-ethyl adjacent to an activating group) is 1. The molecule has 0 aliphatic heterocycles. The predicted octanol–water partition coefficient (Wildman–Crippen LogP) is 2.83.